The fraction of sp³-hybridized carbons (Fsp3) is 0.320. The SMILES string of the molecule is CCCCOc1ccc(Br)cc1C1C(C(=O)Nc2cccc(C)c2C)=C(C)Nc2ncnn21. The summed E-state index contributed by atoms with van der Waals surface area (Å²) in [6.45, 7) is 8.66. The predicted molar refractivity (Wildman–Crippen MR) is 134 cm³/mol. The van der Waals surface area contributed by atoms with Gasteiger partial charge in [0.25, 0.3) is 5.91 Å². The molecule has 33 heavy (non-hydrogen) atoms. The average molecular weight is 510 g/mol. The molecule has 1 amide bonds. The maximum Gasteiger partial charge on any atom is 0.255 e. The third-order valence-corrected chi connectivity index (χ3v) is 6.41. The molecule has 8 heteroatoms. The van der Waals surface area contributed by atoms with Crippen molar-refractivity contribution in [3.8, 4) is 5.75 Å². The van der Waals surface area contributed by atoms with Crippen LogP contribution < -0.4 is 15.4 Å². The maximum atomic E-state index is 13.7. The molecule has 1 aromatic heterocycles. The van der Waals surface area contributed by atoms with Crippen LogP contribution in [0.15, 0.2) is 58.5 Å². The molecule has 1 aliphatic heterocycles. The van der Waals surface area contributed by atoms with Crippen molar-refractivity contribution in [3.63, 3.8) is 0 Å². The van der Waals surface area contributed by atoms with Gasteiger partial charge >= 0.3 is 0 Å². The van der Waals surface area contributed by atoms with Gasteiger partial charge in [0.1, 0.15) is 18.1 Å². The van der Waals surface area contributed by atoms with Crippen LogP contribution in [0.5, 0.6) is 5.75 Å². The van der Waals surface area contributed by atoms with Gasteiger partial charge in [-0.2, -0.15) is 10.1 Å². The second-order valence-electron chi connectivity index (χ2n) is 8.18. The Labute approximate surface area is 202 Å². The number of benzene rings is 2. The van der Waals surface area contributed by atoms with Gasteiger partial charge in [-0.3, -0.25) is 4.79 Å². The topological polar surface area (TPSA) is 81.1 Å². The molecule has 7 nitrogen and oxygen atoms in total. The smallest absolute Gasteiger partial charge is 0.255 e. The Hall–Kier alpha value is -3.13. The van der Waals surface area contributed by atoms with E-state index in [0.29, 0.717) is 18.1 Å². The molecule has 0 spiro atoms. The zero-order valence-electron chi connectivity index (χ0n) is 19.3. The van der Waals surface area contributed by atoms with Crippen LogP contribution in [0.25, 0.3) is 0 Å². The summed E-state index contributed by atoms with van der Waals surface area (Å²) in [6.07, 6.45) is 3.48. The largest absolute Gasteiger partial charge is 0.493 e. The Morgan fingerprint density at radius 2 is 2.06 bits per heavy atom. The van der Waals surface area contributed by atoms with E-state index >= 15 is 0 Å². The molecule has 3 aromatic rings. The molecule has 172 valence electrons. The summed E-state index contributed by atoms with van der Waals surface area (Å²) in [5.41, 5.74) is 5.08. The fourth-order valence-electron chi connectivity index (χ4n) is 3.94. The first-order chi connectivity index (χ1) is 15.9. The van der Waals surface area contributed by atoms with E-state index in [9.17, 15) is 4.79 Å². The molecule has 1 atom stereocenters. The summed E-state index contributed by atoms with van der Waals surface area (Å²) < 4.78 is 8.77. The van der Waals surface area contributed by atoms with E-state index in [2.05, 4.69) is 43.6 Å². The minimum absolute atomic E-state index is 0.195. The van der Waals surface area contributed by atoms with Crippen molar-refractivity contribution in [2.45, 2.75) is 46.6 Å². The molecule has 0 saturated carbocycles. The normalized spacial score (nSPS) is 15.1. The number of hydrogen-bond acceptors (Lipinski definition) is 5. The number of amides is 1. The summed E-state index contributed by atoms with van der Waals surface area (Å²) in [7, 11) is 0. The molecule has 0 aliphatic carbocycles. The Balaban J connectivity index is 1.79. The number of unbranched alkanes of at least 4 members (excludes halogenated alkanes) is 1. The average Bonchev–Trinajstić information content (AvgIpc) is 3.25. The Bertz CT molecular complexity index is 1220. The van der Waals surface area contributed by atoms with Crippen LogP contribution >= 0.6 is 15.9 Å². The highest BCUT2D eigenvalue weighted by molar-refractivity contribution is 9.10. The number of hydrogen-bond donors (Lipinski definition) is 2. The molecule has 0 saturated heterocycles. The molecule has 0 radical (unpaired) electrons. The van der Waals surface area contributed by atoms with E-state index in [4.69, 9.17) is 4.74 Å². The van der Waals surface area contributed by atoms with Crippen molar-refractivity contribution < 1.29 is 9.53 Å². The molecular formula is C25H28BrN5O2. The highest BCUT2D eigenvalue weighted by Crippen LogP contribution is 2.40. The molecule has 0 bridgehead atoms. The van der Waals surface area contributed by atoms with Gasteiger partial charge in [0.15, 0.2) is 0 Å². The fourth-order valence-corrected chi connectivity index (χ4v) is 4.32. The number of aryl methyl sites for hydroxylation is 1. The molecule has 2 aromatic carbocycles. The van der Waals surface area contributed by atoms with E-state index in [0.717, 1.165) is 51.1 Å². The second kappa shape index (κ2) is 9.79. The third-order valence-electron chi connectivity index (χ3n) is 5.91. The summed E-state index contributed by atoms with van der Waals surface area (Å²) >= 11 is 3.59. The van der Waals surface area contributed by atoms with Crippen molar-refractivity contribution in [2.24, 2.45) is 0 Å². The number of nitrogens with zero attached hydrogens (tertiary/aromatic N) is 3. The lowest BCUT2D eigenvalue weighted by Gasteiger charge is -2.30. The Kier molecular flexibility index (Phi) is 6.83. The Morgan fingerprint density at radius 1 is 1.24 bits per heavy atom. The van der Waals surface area contributed by atoms with Crippen molar-refractivity contribution in [2.75, 3.05) is 17.2 Å². The quantitative estimate of drug-likeness (QED) is 0.395. The number of carbonyl (C=O) groups excluding carboxylic acids is 1. The molecule has 2 N–H and O–H groups in total. The van der Waals surface area contributed by atoms with Crippen LogP contribution in [0.3, 0.4) is 0 Å². The number of halogens is 1. The molecule has 1 aliphatic rings. The second-order valence-corrected chi connectivity index (χ2v) is 9.10. The first-order valence-electron chi connectivity index (χ1n) is 11.1. The van der Waals surface area contributed by atoms with Crippen LogP contribution in [0, 0.1) is 13.8 Å². The minimum atomic E-state index is -0.497. The van der Waals surface area contributed by atoms with E-state index in [-0.39, 0.29) is 5.91 Å². The van der Waals surface area contributed by atoms with E-state index in [1.165, 1.54) is 6.33 Å². The molecule has 4 rings (SSSR count). The summed E-state index contributed by atoms with van der Waals surface area (Å²) in [5, 5.41) is 10.8. The molecular weight excluding hydrogens is 482 g/mol. The van der Waals surface area contributed by atoms with Gasteiger partial charge in [0, 0.05) is 21.4 Å². The van der Waals surface area contributed by atoms with E-state index in [1.807, 2.05) is 57.2 Å². The van der Waals surface area contributed by atoms with Gasteiger partial charge in [0.05, 0.1) is 12.2 Å². The predicted octanol–water partition coefficient (Wildman–Crippen LogP) is 5.76. The number of nitrogens with one attached hydrogen (secondary N) is 2. The Morgan fingerprint density at radius 3 is 2.85 bits per heavy atom. The number of carbonyl (C=O) groups is 1. The zero-order chi connectivity index (χ0) is 23.5. The number of rotatable bonds is 7. The number of aromatic nitrogens is 3. The molecule has 0 fully saturated rings. The zero-order valence-corrected chi connectivity index (χ0v) is 20.9. The van der Waals surface area contributed by atoms with Crippen molar-refractivity contribution in [1.82, 2.24) is 14.8 Å². The third kappa shape index (κ3) is 4.66. The first kappa shape index (κ1) is 23.0. The lowest BCUT2D eigenvalue weighted by Crippen LogP contribution is -2.32. The van der Waals surface area contributed by atoms with Gasteiger partial charge < -0.3 is 15.4 Å². The maximum absolute atomic E-state index is 13.7. The molecule has 1 unspecified atom stereocenters. The summed E-state index contributed by atoms with van der Waals surface area (Å²) in [4.78, 5) is 18.0. The number of anilines is 2. The van der Waals surface area contributed by atoms with Gasteiger partial charge in [-0.05, 0) is 62.6 Å². The standard InChI is InChI=1S/C25H28BrN5O2/c1-5-6-12-33-21-11-10-18(26)13-19(21)23-22(17(4)29-25-27-14-28-31(23)25)24(32)30-20-9-7-8-15(2)16(20)3/h7-11,13-14,23H,5-6,12H2,1-4H3,(H,30,32)(H,27,28,29). The lowest BCUT2D eigenvalue weighted by atomic mass is 9.94. The first-order valence-corrected chi connectivity index (χ1v) is 11.9. The van der Waals surface area contributed by atoms with E-state index < -0.39 is 6.04 Å². The van der Waals surface area contributed by atoms with Crippen molar-refractivity contribution in [1.29, 1.82) is 0 Å². The van der Waals surface area contributed by atoms with Gasteiger partial charge in [-0.25, -0.2) is 4.68 Å². The van der Waals surface area contributed by atoms with Crippen molar-refractivity contribution in [3.05, 3.63) is 75.2 Å². The van der Waals surface area contributed by atoms with Crippen LogP contribution in [-0.4, -0.2) is 27.3 Å². The highest BCUT2D eigenvalue weighted by atomic mass is 79.9. The van der Waals surface area contributed by atoms with Crippen LogP contribution in [0.2, 0.25) is 0 Å². The number of ether oxygens (including phenoxy) is 1. The summed E-state index contributed by atoms with van der Waals surface area (Å²) in [5.74, 6) is 1.12. The van der Waals surface area contributed by atoms with Gasteiger partial charge in [-0.1, -0.05) is 41.4 Å². The summed E-state index contributed by atoms with van der Waals surface area (Å²) in [6, 6.07) is 11.3. The van der Waals surface area contributed by atoms with Crippen LogP contribution in [0.1, 0.15) is 49.4 Å². The number of allylic oxidation sites excluding steroid dienone is 1. The highest BCUT2D eigenvalue weighted by Gasteiger charge is 2.35. The van der Waals surface area contributed by atoms with Crippen LogP contribution in [-0.2, 0) is 4.79 Å². The van der Waals surface area contributed by atoms with Gasteiger partial charge in [0.2, 0.25) is 5.95 Å². The van der Waals surface area contributed by atoms with E-state index in [1.54, 1.807) is 4.68 Å². The molecule has 2 heterocycles. The van der Waals surface area contributed by atoms with Gasteiger partial charge in [-0.15, -0.1) is 0 Å². The lowest BCUT2D eigenvalue weighted by molar-refractivity contribution is -0.113. The number of fused-ring (bicyclic) bond motifs is 1. The monoisotopic (exact) mass is 509 g/mol. The minimum Gasteiger partial charge on any atom is -0.493 e. The van der Waals surface area contributed by atoms with Crippen molar-refractivity contribution >= 4 is 33.5 Å². The van der Waals surface area contributed by atoms with Crippen LogP contribution in [0.4, 0.5) is 11.6 Å².